The van der Waals surface area contributed by atoms with Gasteiger partial charge in [0.25, 0.3) is 5.91 Å². The minimum Gasteiger partial charge on any atom is -0.484 e. The Morgan fingerprint density at radius 1 is 1.00 bits per heavy atom. The van der Waals surface area contributed by atoms with Crippen molar-refractivity contribution in [1.82, 2.24) is 15.1 Å². The van der Waals surface area contributed by atoms with Gasteiger partial charge in [-0.2, -0.15) is 0 Å². The molecule has 0 bridgehead atoms. The van der Waals surface area contributed by atoms with Gasteiger partial charge in [0.1, 0.15) is 11.3 Å². The van der Waals surface area contributed by atoms with Crippen LogP contribution in [0.4, 0.5) is 0 Å². The maximum absolute atomic E-state index is 13.7. The van der Waals surface area contributed by atoms with Gasteiger partial charge in [0.2, 0.25) is 11.8 Å². The van der Waals surface area contributed by atoms with Crippen LogP contribution in [0.25, 0.3) is 0 Å². The lowest BCUT2D eigenvalue weighted by atomic mass is 9.78. The number of fused-ring (bicyclic) bond motifs is 1. The minimum absolute atomic E-state index is 0.126. The molecule has 1 N–H and O–H groups in total. The van der Waals surface area contributed by atoms with Gasteiger partial charge in [0.05, 0.1) is 25.5 Å². The molecule has 0 radical (unpaired) electrons. The van der Waals surface area contributed by atoms with Gasteiger partial charge in [-0.25, -0.2) is 0 Å². The zero-order chi connectivity index (χ0) is 26.6. The van der Waals surface area contributed by atoms with Crippen molar-refractivity contribution in [3.8, 4) is 5.75 Å². The Kier molecular flexibility index (Phi) is 7.92. The third-order valence-corrected chi connectivity index (χ3v) is 7.40. The van der Waals surface area contributed by atoms with E-state index in [1.165, 1.54) is 12.0 Å². The van der Waals surface area contributed by atoms with Gasteiger partial charge >= 0.3 is 5.97 Å². The molecular formula is C28H33N3O6. The van der Waals surface area contributed by atoms with Crippen molar-refractivity contribution in [1.29, 1.82) is 0 Å². The summed E-state index contributed by atoms with van der Waals surface area (Å²) in [6, 6.07) is 17.7. The first-order chi connectivity index (χ1) is 17.9. The number of hydrogen-bond acceptors (Lipinski definition) is 7. The lowest BCUT2D eigenvalue weighted by molar-refractivity contribution is -0.154. The smallest absolute Gasteiger partial charge is 0.326 e. The number of hydrogen-bond donors (Lipinski definition) is 1. The van der Waals surface area contributed by atoms with Crippen LogP contribution in [-0.2, 0) is 30.5 Å². The van der Waals surface area contributed by atoms with Crippen molar-refractivity contribution in [2.24, 2.45) is 11.8 Å². The number of nitrogens with one attached hydrogen (secondary N) is 1. The number of rotatable bonds is 10. The standard InChI is InChI=1S/C28H33N3O6/c1-4-28(27(35)36-3)24-23(25(33)31(26(24)34)16-19-12-8-6-9-13-19)21(29-28)17-30(5-2)22(32)18-37-20-14-10-7-11-15-20/h6-15,21,23-24,29H,4-5,16-18H2,1-3H3/t21-,23+,24-,28-/m1/s1. The van der Waals surface area contributed by atoms with Crippen LogP contribution in [0.1, 0.15) is 25.8 Å². The van der Waals surface area contributed by atoms with Crippen molar-refractivity contribution >= 4 is 23.7 Å². The average Bonchev–Trinajstić information content (AvgIpc) is 3.40. The number of esters is 1. The third-order valence-electron chi connectivity index (χ3n) is 7.40. The Morgan fingerprint density at radius 3 is 2.24 bits per heavy atom. The van der Waals surface area contributed by atoms with Crippen molar-refractivity contribution in [2.75, 3.05) is 26.8 Å². The first-order valence-corrected chi connectivity index (χ1v) is 12.6. The Bertz CT molecular complexity index is 1140. The second-order valence-electron chi connectivity index (χ2n) is 9.35. The number of benzene rings is 2. The Hall–Kier alpha value is -3.72. The second-order valence-corrected chi connectivity index (χ2v) is 9.35. The van der Waals surface area contributed by atoms with Crippen molar-refractivity contribution in [3.63, 3.8) is 0 Å². The fourth-order valence-electron chi connectivity index (χ4n) is 5.50. The largest absolute Gasteiger partial charge is 0.484 e. The van der Waals surface area contributed by atoms with E-state index in [4.69, 9.17) is 9.47 Å². The fraction of sp³-hybridized carbons (Fsp3) is 0.429. The normalized spacial score (nSPS) is 24.6. The zero-order valence-electron chi connectivity index (χ0n) is 21.4. The van der Waals surface area contributed by atoms with E-state index in [0.717, 1.165) is 5.56 Å². The van der Waals surface area contributed by atoms with Crippen LogP contribution in [0.3, 0.4) is 0 Å². The summed E-state index contributed by atoms with van der Waals surface area (Å²) in [5, 5.41) is 3.27. The van der Waals surface area contributed by atoms with Gasteiger partial charge in [-0.15, -0.1) is 0 Å². The lowest BCUT2D eigenvalue weighted by Gasteiger charge is -2.32. The van der Waals surface area contributed by atoms with Crippen LogP contribution in [-0.4, -0.2) is 71.9 Å². The molecule has 4 atom stereocenters. The van der Waals surface area contributed by atoms with Crippen molar-refractivity contribution < 1.29 is 28.7 Å². The summed E-state index contributed by atoms with van der Waals surface area (Å²) in [6.45, 7) is 4.11. The molecule has 0 saturated carbocycles. The Morgan fingerprint density at radius 2 is 1.65 bits per heavy atom. The average molecular weight is 508 g/mol. The van der Waals surface area contributed by atoms with E-state index in [0.29, 0.717) is 12.3 Å². The van der Waals surface area contributed by atoms with Gasteiger partial charge in [-0.1, -0.05) is 55.5 Å². The van der Waals surface area contributed by atoms with Gasteiger partial charge in [0, 0.05) is 19.1 Å². The first kappa shape index (κ1) is 26.3. The van der Waals surface area contributed by atoms with Crippen LogP contribution >= 0.6 is 0 Å². The summed E-state index contributed by atoms with van der Waals surface area (Å²) in [4.78, 5) is 56.2. The molecule has 0 unspecified atom stereocenters. The van der Waals surface area contributed by atoms with E-state index in [9.17, 15) is 19.2 Å². The van der Waals surface area contributed by atoms with Crippen LogP contribution in [0.15, 0.2) is 60.7 Å². The summed E-state index contributed by atoms with van der Waals surface area (Å²) < 4.78 is 10.7. The molecule has 196 valence electrons. The number of para-hydroxylation sites is 1. The SMILES string of the molecule is CCN(C[C@H]1N[C@@](CC)(C(=O)OC)[C@H]2C(=O)N(Cc3ccccc3)C(=O)[C@@H]12)C(=O)COc1ccccc1. The summed E-state index contributed by atoms with van der Waals surface area (Å²) >= 11 is 0. The number of imide groups is 1. The minimum atomic E-state index is -1.36. The zero-order valence-corrected chi connectivity index (χ0v) is 21.4. The summed E-state index contributed by atoms with van der Waals surface area (Å²) in [6.07, 6.45) is 0.257. The van der Waals surface area contributed by atoms with Crippen LogP contribution in [0, 0.1) is 11.8 Å². The number of likely N-dealkylation sites (N-methyl/N-ethyl adjacent to an activating group) is 1. The lowest BCUT2D eigenvalue weighted by Crippen LogP contribution is -2.58. The molecule has 0 aliphatic carbocycles. The summed E-state index contributed by atoms with van der Waals surface area (Å²) in [5.74, 6) is -2.73. The van der Waals surface area contributed by atoms with E-state index in [2.05, 4.69) is 5.32 Å². The van der Waals surface area contributed by atoms with Crippen molar-refractivity contribution in [2.45, 2.75) is 38.4 Å². The number of amides is 3. The monoisotopic (exact) mass is 507 g/mol. The van der Waals surface area contributed by atoms with Crippen molar-refractivity contribution in [3.05, 3.63) is 66.2 Å². The highest BCUT2D eigenvalue weighted by molar-refractivity contribution is 6.09. The molecule has 0 spiro atoms. The van der Waals surface area contributed by atoms with Gasteiger partial charge < -0.3 is 14.4 Å². The molecule has 2 aromatic carbocycles. The highest BCUT2D eigenvalue weighted by atomic mass is 16.5. The molecule has 2 aliphatic rings. The van der Waals surface area contributed by atoms with Crippen LogP contribution in [0.5, 0.6) is 5.75 Å². The second kappa shape index (κ2) is 11.1. The molecule has 2 aliphatic heterocycles. The molecule has 2 heterocycles. The number of ether oxygens (including phenoxy) is 2. The molecule has 4 rings (SSSR count). The van der Waals surface area contributed by atoms with E-state index < -0.39 is 35.3 Å². The number of carbonyl (C=O) groups excluding carboxylic acids is 4. The Balaban J connectivity index is 1.58. The molecule has 2 fully saturated rings. The van der Waals surface area contributed by atoms with Gasteiger partial charge in [-0.3, -0.25) is 29.4 Å². The molecular weight excluding hydrogens is 474 g/mol. The predicted octanol–water partition coefficient (Wildman–Crippen LogP) is 2.01. The maximum Gasteiger partial charge on any atom is 0.326 e. The topological polar surface area (TPSA) is 105 Å². The number of nitrogens with zero attached hydrogens (tertiary/aromatic N) is 2. The molecule has 2 saturated heterocycles. The molecule has 9 nitrogen and oxygen atoms in total. The van der Waals surface area contributed by atoms with Gasteiger partial charge in [-0.05, 0) is 31.0 Å². The predicted molar refractivity (Wildman–Crippen MR) is 135 cm³/mol. The van der Waals surface area contributed by atoms with Crippen LogP contribution in [0.2, 0.25) is 0 Å². The Labute approximate surface area is 216 Å². The molecule has 9 heteroatoms. The highest BCUT2D eigenvalue weighted by Crippen LogP contribution is 2.45. The third kappa shape index (κ3) is 4.96. The number of carbonyl (C=O) groups is 4. The molecule has 3 amide bonds. The van der Waals surface area contributed by atoms with E-state index >= 15 is 0 Å². The number of likely N-dealkylation sites (tertiary alicyclic amines) is 1. The molecule has 0 aromatic heterocycles. The quantitative estimate of drug-likeness (QED) is 0.387. The first-order valence-electron chi connectivity index (χ1n) is 12.6. The molecule has 2 aromatic rings. The maximum atomic E-state index is 13.7. The van der Waals surface area contributed by atoms with Gasteiger partial charge in [0.15, 0.2) is 6.61 Å². The molecule has 37 heavy (non-hydrogen) atoms. The highest BCUT2D eigenvalue weighted by Gasteiger charge is 2.67. The van der Waals surface area contributed by atoms with E-state index in [-0.39, 0.29) is 37.9 Å². The van der Waals surface area contributed by atoms with Crippen LogP contribution < -0.4 is 10.1 Å². The number of methoxy groups -OCH3 is 1. The van der Waals surface area contributed by atoms with E-state index in [1.807, 2.05) is 55.5 Å². The fourth-order valence-corrected chi connectivity index (χ4v) is 5.50. The summed E-state index contributed by atoms with van der Waals surface area (Å²) in [7, 11) is 1.27. The summed E-state index contributed by atoms with van der Waals surface area (Å²) in [5.41, 5.74) is -0.539. The van der Waals surface area contributed by atoms with E-state index in [1.54, 1.807) is 24.0 Å².